The molecule has 0 aromatic heterocycles. The summed E-state index contributed by atoms with van der Waals surface area (Å²) in [4.78, 5) is 11.3. The summed E-state index contributed by atoms with van der Waals surface area (Å²) >= 11 is 5.84. The maximum atomic E-state index is 11.3. The average molecular weight is 261 g/mol. The molecule has 2 aromatic carbocycles. The van der Waals surface area contributed by atoms with Crippen LogP contribution in [0, 0.1) is 0 Å². The summed E-state index contributed by atoms with van der Waals surface area (Å²) in [5.41, 5.74) is 1.87. The molecule has 92 valence electrons. The van der Waals surface area contributed by atoms with E-state index in [-0.39, 0.29) is 5.92 Å². The molecule has 2 nitrogen and oxygen atoms in total. The van der Waals surface area contributed by atoms with Crippen LogP contribution in [-0.4, -0.2) is 13.4 Å². The van der Waals surface area contributed by atoms with Crippen molar-refractivity contribution in [3.63, 3.8) is 0 Å². The van der Waals surface area contributed by atoms with Crippen molar-refractivity contribution in [3.8, 4) is 5.75 Å². The van der Waals surface area contributed by atoms with E-state index in [1.54, 1.807) is 19.2 Å². The van der Waals surface area contributed by atoms with Crippen molar-refractivity contribution in [1.29, 1.82) is 0 Å². The van der Waals surface area contributed by atoms with Gasteiger partial charge in [-0.05, 0) is 35.4 Å². The van der Waals surface area contributed by atoms with Gasteiger partial charge < -0.3 is 9.53 Å². The minimum absolute atomic E-state index is 0.270. The van der Waals surface area contributed by atoms with Crippen molar-refractivity contribution >= 4 is 17.9 Å². The van der Waals surface area contributed by atoms with Gasteiger partial charge in [0, 0.05) is 5.02 Å². The fourth-order valence-corrected chi connectivity index (χ4v) is 1.96. The Morgan fingerprint density at radius 3 is 1.94 bits per heavy atom. The number of carbonyl (C=O) groups is 1. The van der Waals surface area contributed by atoms with Crippen LogP contribution in [0.3, 0.4) is 0 Å². The highest BCUT2D eigenvalue weighted by Crippen LogP contribution is 2.25. The minimum atomic E-state index is -0.270. The van der Waals surface area contributed by atoms with E-state index in [9.17, 15) is 4.79 Å². The average Bonchev–Trinajstić information content (AvgIpc) is 2.42. The Morgan fingerprint density at radius 1 is 1.00 bits per heavy atom. The topological polar surface area (TPSA) is 26.3 Å². The van der Waals surface area contributed by atoms with Gasteiger partial charge in [0.2, 0.25) is 0 Å². The summed E-state index contributed by atoms with van der Waals surface area (Å²) in [6.45, 7) is 0. The molecular formula is C15H13ClO2. The molecule has 2 rings (SSSR count). The summed E-state index contributed by atoms with van der Waals surface area (Å²) < 4.78 is 5.10. The fraction of sp³-hybridized carbons (Fsp3) is 0.133. The number of benzene rings is 2. The minimum Gasteiger partial charge on any atom is -0.497 e. The summed E-state index contributed by atoms with van der Waals surface area (Å²) in [6.07, 6.45) is 0.936. The van der Waals surface area contributed by atoms with E-state index in [0.29, 0.717) is 5.02 Å². The second-order valence-corrected chi connectivity index (χ2v) is 4.37. The van der Waals surface area contributed by atoms with E-state index in [1.807, 2.05) is 36.4 Å². The first-order valence-corrected chi connectivity index (χ1v) is 5.97. The highest BCUT2D eigenvalue weighted by Gasteiger charge is 2.12. The number of rotatable bonds is 4. The van der Waals surface area contributed by atoms with Gasteiger partial charge in [0.25, 0.3) is 0 Å². The Hall–Kier alpha value is -1.80. The van der Waals surface area contributed by atoms with Crippen molar-refractivity contribution < 1.29 is 9.53 Å². The lowest BCUT2D eigenvalue weighted by Gasteiger charge is -2.11. The van der Waals surface area contributed by atoms with Crippen LogP contribution < -0.4 is 4.74 Å². The third-order valence-electron chi connectivity index (χ3n) is 2.84. The largest absolute Gasteiger partial charge is 0.497 e. The molecule has 0 aliphatic rings. The van der Waals surface area contributed by atoms with Crippen molar-refractivity contribution in [1.82, 2.24) is 0 Å². The summed E-state index contributed by atoms with van der Waals surface area (Å²) in [6, 6.07) is 14.8. The molecule has 0 saturated carbocycles. The molecule has 0 fully saturated rings. The number of hydrogen-bond acceptors (Lipinski definition) is 2. The van der Waals surface area contributed by atoms with Crippen molar-refractivity contribution in [2.45, 2.75) is 5.92 Å². The summed E-state index contributed by atoms with van der Waals surface area (Å²) in [7, 11) is 1.62. The Kier molecular flexibility index (Phi) is 4.00. The third kappa shape index (κ3) is 2.71. The van der Waals surface area contributed by atoms with E-state index in [0.717, 1.165) is 23.2 Å². The number of halogens is 1. The zero-order valence-electron chi connectivity index (χ0n) is 9.97. The SMILES string of the molecule is COc1ccc(C(C=O)c2ccc(Cl)cc2)cc1. The highest BCUT2D eigenvalue weighted by molar-refractivity contribution is 6.30. The van der Waals surface area contributed by atoms with Crippen molar-refractivity contribution in [2.75, 3.05) is 7.11 Å². The van der Waals surface area contributed by atoms with Crippen LogP contribution in [0.15, 0.2) is 48.5 Å². The van der Waals surface area contributed by atoms with Gasteiger partial charge in [-0.15, -0.1) is 0 Å². The molecule has 0 N–H and O–H groups in total. The Bertz CT molecular complexity index is 517. The first-order chi connectivity index (χ1) is 8.74. The quantitative estimate of drug-likeness (QED) is 0.784. The van der Waals surface area contributed by atoms with Crippen molar-refractivity contribution in [2.24, 2.45) is 0 Å². The van der Waals surface area contributed by atoms with Crippen LogP contribution in [0.4, 0.5) is 0 Å². The molecule has 0 bridgehead atoms. The normalized spacial score (nSPS) is 11.9. The lowest BCUT2D eigenvalue weighted by atomic mass is 9.93. The predicted octanol–water partition coefficient (Wildman–Crippen LogP) is 3.68. The second-order valence-electron chi connectivity index (χ2n) is 3.94. The molecule has 1 atom stereocenters. The molecule has 2 aromatic rings. The van der Waals surface area contributed by atoms with Gasteiger partial charge in [-0.1, -0.05) is 35.9 Å². The third-order valence-corrected chi connectivity index (χ3v) is 3.09. The zero-order valence-corrected chi connectivity index (χ0v) is 10.7. The number of hydrogen-bond donors (Lipinski definition) is 0. The maximum absolute atomic E-state index is 11.3. The number of carbonyl (C=O) groups excluding carboxylic acids is 1. The lowest BCUT2D eigenvalue weighted by molar-refractivity contribution is -0.108. The van der Waals surface area contributed by atoms with Crippen molar-refractivity contribution in [3.05, 3.63) is 64.7 Å². The van der Waals surface area contributed by atoms with E-state index in [1.165, 1.54) is 0 Å². The molecule has 1 unspecified atom stereocenters. The van der Waals surface area contributed by atoms with Gasteiger partial charge >= 0.3 is 0 Å². The van der Waals surface area contributed by atoms with Gasteiger partial charge in [0.05, 0.1) is 13.0 Å². The predicted molar refractivity (Wildman–Crippen MR) is 72.4 cm³/mol. The molecule has 0 amide bonds. The Labute approximate surface area is 111 Å². The van der Waals surface area contributed by atoms with Gasteiger partial charge in [-0.3, -0.25) is 0 Å². The van der Waals surface area contributed by atoms with Gasteiger partial charge in [0.15, 0.2) is 0 Å². The monoisotopic (exact) mass is 260 g/mol. The van der Waals surface area contributed by atoms with E-state index in [4.69, 9.17) is 16.3 Å². The van der Waals surface area contributed by atoms with Crippen LogP contribution >= 0.6 is 11.6 Å². The molecule has 0 aliphatic carbocycles. The van der Waals surface area contributed by atoms with Crippen LogP contribution in [0.5, 0.6) is 5.75 Å². The van der Waals surface area contributed by atoms with E-state index < -0.39 is 0 Å². The van der Waals surface area contributed by atoms with Gasteiger partial charge in [-0.25, -0.2) is 0 Å². The smallest absolute Gasteiger partial charge is 0.131 e. The molecule has 3 heteroatoms. The van der Waals surface area contributed by atoms with Crippen LogP contribution in [0.25, 0.3) is 0 Å². The fourth-order valence-electron chi connectivity index (χ4n) is 1.83. The van der Waals surface area contributed by atoms with Crippen LogP contribution in [-0.2, 0) is 4.79 Å². The Balaban J connectivity index is 2.32. The molecule has 0 spiro atoms. The van der Waals surface area contributed by atoms with E-state index >= 15 is 0 Å². The molecule has 0 radical (unpaired) electrons. The highest BCUT2D eigenvalue weighted by atomic mass is 35.5. The van der Waals surface area contributed by atoms with Gasteiger partial charge in [-0.2, -0.15) is 0 Å². The van der Waals surface area contributed by atoms with Crippen LogP contribution in [0.1, 0.15) is 17.0 Å². The first kappa shape index (κ1) is 12.7. The summed E-state index contributed by atoms with van der Waals surface area (Å²) in [5.74, 6) is 0.507. The Morgan fingerprint density at radius 2 is 1.50 bits per heavy atom. The molecule has 0 saturated heterocycles. The maximum Gasteiger partial charge on any atom is 0.131 e. The number of methoxy groups -OCH3 is 1. The molecule has 0 aliphatic heterocycles. The second kappa shape index (κ2) is 5.69. The lowest BCUT2D eigenvalue weighted by Crippen LogP contribution is -2.02. The standard InChI is InChI=1S/C15H13ClO2/c1-18-14-8-4-12(5-9-14)15(10-17)11-2-6-13(16)7-3-11/h2-10,15H,1H3. The zero-order chi connectivity index (χ0) is 13.0. The molecular weight excluding hydrogens is 248 g/mol. The van der Waals surface area contributed by atoms with Crippen LogP contribution in [0.2, 0.25) is 5.02 Å². The van der Waals surface area contributed by atoms with Gasteiger partial charge in [0.1, 0.15) is 12.0 Å². The first-order valence-electron chi connectivity index (χ1n) is 5.59. The molecule has 0 heterocycles. The molecule has 18 heavy (non-hydrogen) atoms. The number of ether oxygens (including phenoxy) is 1. The van der Waals surface area contributed by atoms with E-state index in [2.05, 4.69) is 0 Å². The number of aldehydes is 1. The summed E-state index contributed by atoms with van der Waals surface area (Å²) in [5, 5.41) is 0.665.